The Morgan fingerprint density at radius 2 is 1.12 bits per heavy atom. The molecule has 1 unspecified atom stereocenters. The second-order valence-corrected chi connectivity index (χ2v) is 15.7. The summed E-state index contributed by atoms with van der Waals surface area (Å²) in [6, 6.07) is 62.1. The molecule has 1 nitrogen and oxygen atoms in total. The van der Waals surface area contributed by atoms with Gasteiger partial charge in [-0.2, -0.15) is 0 Å². The van der Waals surface area contributed by atoms with Crippen LogP contribution in [-0.2, 0) is 5.41 Å². The molecule has 2 heteroatoms. The molecule has 11 rings (SSSR count). The van der Waals surface area contributed by atoms with Crippen LogP contribution in [0.1, 0.15) is 29.1 Å². The molecule has 0 spiro atoms. The molecule has 10 aromatic rings. The SMILES string of the molecule is [2H]c1c([2H])c(N(c2cccc(-c3cccc4sc5ccccc5c34)c2)c2cccc3c2-c2ccccc2C3(C)c2ccccc2)c([2H])c([2H])c1-c1cccc2ccccc12. The highest BCUT2D eigenvalue weighted by Gasteiger charge is 2.42. The lowest BCUT2D eigenvalue weighted by Crippen LogP contribution is -2.22. The number of benzene rings is 9. The lowest BCUT2D eigenvalue weighted by atomic mass is 9.74. The molecular formula is C54H37NS. The van der Waals surface area contributed by atoms with Crippen LogP contribution in [0.4, 0.5) is 17.1 Å². The highest BCUT2D eigenvalue weighted by atomic mass is 32.1. The number of hydrogen-bond donors (Lipinski definition) is 0. The molecule has 0 N–H and O–H groups in total. The van der Waals surface area contributed by atoms with Crippen LogP contribution in [-0.4, -0.2) is 0 Å². The number of anilines is 3. The Morgan fingerprint density at radius 1 is 0.482 bits per heavy atom. The largest absolute Gasteiger partial charge is 0.310 e. The van der Waals surface area contributed by atoms with Crippen molar-refractivity contribution < 1.29 is 5.48 Å². The molecule has 1 heterocycles. The highest BCUT2D eigenvalue weighted by molar-refractivity contribution is 7.25. The van der Waals surface area contributed by atoms with Crippen LogP contribution in [0.5, 0.6) is 0 Å². The van der Waals surface area contributed by atoms with Gasteiger partial charge in [-0.1, -0.05) is 164 Å². The van der Waals surface area contributed by atoms with Gasteiger partial charge in [0.1, 0.15) is 0 Å². The van der Waals surface area contributed by atoms with Gasteiger partial charge < -0.3 is 4.90 Å². The molecule has 1 aliphatic carbocycles. The summed E-state index contributed by atoms with van der Waals surface area (Å²) in [5.74, 6) is 0. The third-order valence-corrected chi connectivity index (χ3v) is 12.8. The van der Waals surface area contributed by atoms with Crippen molar-refractivity contribution in [3.8, 4) is 33.4 Å². The summed E-state index contributed by atoms with van der Waals surface area (Å²) in [6.07, 6.45) is 0. The first kappa shape index (κ1) is 28.7. The van der Waals surface area contributed by atoms with E-state index in [-0.39, 0.29) is 35.4 Å². The highest BCUT2D eigenvalue weighted by Crippen LogP contribution is 2.57. The number of fused-ring (bicyclic) bond motifs is 7. The van der Waals surface area contributed by atoms with E-state index in [1.807, 2.05) is 65.6 Å². The average Bonchev–Trinajstić information content (AvgIpc) is 3.81. The molecule has 0 saturated carbocycles. The molecule has 0 bridgehead atoms. The molecule has 0 amide bonds. The third kappa shape index (κ3) is 5.00. The fraction of sp³-hybridized carbons (Fsp3) is 0.0370. The predicted molar refractivity (Wildman–Crippen MR) is 240 cm³/mol. The second kappa shape index (κ2) is 12.9. The quantitative estimate of drug-likeness (QED) is 0.164. The van der Waals surface area contributed by atoms with Gasteiger partial charge in [0.2, 0.25) is 0 Å². The summed E-state index contributed by atoms with van der Waals surface area (Å²) >= 11 is 1.79. The van der Waals surface area contributed by atoms with Gasteiger partial charge >= 0.3 is 0 Å². The normalized spacial score (nSPS) is 15.6. The van der Waals surface area contributed by atoms with Crippen LogP contribution in [0.3, 0.4) is 0 Å². The van der Waals surface area contributed by atoms with Gasteiger partial charge in [-0.05, 0) is 105 Å². The lowest BCUT2D eigenvalue weighted by Gasteiger charge is -2.31. The van der Waals surface area contributed by atoms with Crippen molar-refractivity contribution >= 4 is 59.3 Å². The van der Waals surface area contributed by atoms with Crippen molar-refractivity contribution in [2.75, 3.05) is 4.90 Å². The zero-order valence-corrected chi connectivity index (χ0v) is 31.5. The van der Waals surface area contributed by atoms with E-state index < -0.39 is 5.41 Å². The zero-order chi connectivity index (χ0) is 40.7. The Balaban J connectivity index is 1.21. The molecule has 1 atom stereocenters. The maximum atomic E-state index is 9.88. The van der Waals surface area contributed by atoms with Crippen LogP contribution in [0.15, 0.2) is 206 Å². The van der Waals surface area contributed by atoms with E-state index in [2.05, 4.69) is 128 Å². The van der Waals surface area contributed by atoms with Gasteiger partial charge in [-0.3, -0.25) is 0 Å². The molecule has 0 aliphatic heterocycles. The Morgan fingerprint density at radius 3 is 2.02 bits per heavy atom. The molecule has 56 heavy (non-hydrogen) atoms. The van der Waals surface area contributed by atoms with Crippen molar-refractivity contribution in [2.45, 2.75) is 12.3 Å². The third-order valence-electron chi connectivity index (χ3n) is 11.6. The summed E-state index contributed by atoms with van der Waals surface area (Å²) in [5, 5.41) is 4.25. The van der Waals surface area contributed by atoms with E-state index in [4.69, 9.17) is 0 Å². The Kier molecular flexibility index (Phi) is 6.63. The monoisotopic (exact) mass is 735 g/mol. The minimum Gasteiger partial charge on any atom is -0.310 e. The minimum atomic E-state index is -0.487. The van der Waals surface area contributed by atoms with Crippen LogP contribution < -0.4 is 4.90 Å². The maximum Gasteiger partial charge on any atom is 0.0645 e. The first-order valence-electron chi connectivity index (χ1n) is 21.0. The average molecular weight is 736 g/mol. The van der Waals surface area contributed by atoms with Gasteiger partial charge in [0.15, 0.2) is 0 Å². The summed E-state index contributed by atoms with van der Waals surface area (Å²) in [7, 11) is 0. The van der Waals surface area contributed by atoms with Crippen molar-refractivity contribution in [1.82, 2.24) is 0 Å². The summed E-state index contributed by atoms with van der Waals surface area (Å²) in [4.78, 5) is 1.98. The molecule has 1 aromatic heterocycles. The van der Waals surface area contributed by atoms with Gasteiger partial charge in [-0.15, -0.1) is 11.3 Å². The Labute approximate surface area is 337 Å². The van der Waals surface area contributed by atoms with Gasteiger partial charge in [0, 0.05) is 42.5 Å². The number of rotatable bonds is 6. The van der Waals surface area contributed by atoms with E-state index in [1.54, 1.807) is 11.3 Å². The van der Waals surface area contributed by atoms with Gasteiger partial charge in [-0.25, -0.2) is 0 Å². The maximum absolute atomic E-state index is 9.88. The van der Waals surface area contributed by atoms with E-state index in [1.165, 1.54) is 31.3 Å². The van der Waals surface area contributed by atoms with Crippen molar-refractivity contribution in [3.63, 3.8) is 0 Å². The Bertz CT molecular complexity index is 3320. The van der Waals surface area contributed by atoms with Crippen LogP contribution in [0.2, 0.25) is 0 Å². The van der Waals surface area contributed by atoms with Crippen LogP contribution in [0, 0.1) is 0 Å². The first-order valence-corrected chi connectivity index (χ1v) is 19.8. The number of nitrogens with zero attached hydrogens (tertiary/aromatic N) is 1. The van der Waals surface area contributed by atoms with Crippen molar-refractivity contribution in [1.29, 1.82) is 0 Å². The van der Waals surface area contributed by atoms with Crippen LogP contribution >= 0.6 is 11.3 Å². The van der Waals surface area contributed by atoms with Gasteiger partial charge in [0.25, 0.3) is 0 Å². The number of thiophene rings is 1. The Hall–Kier alpha value is -6.74. The summed E-state index contributed by atoms with van der Waals surface area (Å²) in [6.45, 7) is 2.28. The predicted octanol–water partition coefficient (Wildman–Crippen LogP) is 15.3. The fourth-order valence-corrected chi connectivity index (χ4v) is 10.1. The second-order valence-electron chi connectivity index (χ2n) is 14.6. The minimum absolute atomic E-state index is 0.0832. The first-order chi connectivity index (χ1) is 29.3. The molecule has 9 aromatic carbocycles. The fourth-order valence-electron chi connectivity index (χ4n) is 9.00. The summed E-state index contributed by atoms with van der Waals surface area (Å²) < 4.78 is 41.5. The molecule has 0 saturated heterocycles. The zero-order valence-electron chi connectivity index (χ0n) is 34.7. The number of hydrogen-bond acceptors (Lipinski definition) is 2. The smallest absolute Gasteiger partial charge is 0.0645 e. The summed E-state index contributed by atoms with van der Waals surface area (Å²) in [5.41, 5.74) is 9.83. The lowest BCUT2D eigenvalue weighted by molar-refractivity contribution is 0.714. The van der Waals surface area contributed by atoms with E-state index in [0.717, 1.165) is 50.0 Å². The van der Waals surface area contributed by atoms with E-state index in [0.29, 0.717) is 5.56 Å². The molecular weight excluding hydrogens is 695 g/mol. The van der Waals surface area contributed by atoms with Crippen molar-refractivity contribution in [3.05, 3.63) is 223 Å². The molecule has 0 fully saturated rings. The van der Waals surface area contributed by atoms with Gasteiger partial charge in [0.05, 0.1) is 11.2 Å². The van der Waals surface area contributed by atoms with Crippen LogP contribution in [0.25, 0.3) is 64.3 Å². The van der Waals surface area contributed by atoms with Crippen molar-refractivity contribution in [2.24, 2.45) is 0 Å². The molecule has 1 aliphatic rings. The topological polar surface area (TPSA) is 3.24 Å². The molecule has 264 valence electrons. The molecule has 0 radical (unpaired) electrons. The standard InChI is InChI=1S/C54H37NS/c1-54(39-18-3-2-4-19-39)47-26-9-7-22-45(47)53-48(54)27-14-28-49(53)55(40-33-31-37(32-34-40)43-24-12-16-36-15-5-6-21-42(36)43)41-20-11-17-38(35-41)44-25-13-30-51-52(44)46-23-8-10-29-50(46)56-51/h2-35H,1H3/i31D,32D,33D,34D. The van der Waals surface area contributed by atoms with E-state index in [9.17, 15) is 5.48 Å². The van der Waals surface area contributed by atoms with E-state index >= 15 is 0 Å².